The third-order valence-electron chi connectivity index (χ3n) is 8.77. The van der Waals surface area contributed by atoms with Gasteiger partial charge in [0.1, 0.15) is 17.2 Å². The van der Waals surface area contributed by atoms with Crippen molar-refractivity contribution in [1.82, 2.24) is 25.2 Å². The fourth-order valence-electron chi connectivity index (χ4n) is 6.65. The third-order valence-corrected chi connectivity index (χ3v) is 8.77. The molecule has 2 heterocycles. The van der Waals surface area contributed by atoms with Gasteiger partial charge in [-0.3, -0.25) is 19.2 Å². The van der Waals surface area contributed by atoms with Gasteiger partial charge in [0.05, 0.1) is 24.0 Å². The maximum Gasteiger partial charge on any atom is 0.287 e. The van der Waals surface area contributed by atoms with Crippen LogP contribution in [0.1, 0.15) is 103 Å². The second kappa shape index (κ2) is 11.7. The van der Waals surface area contributed by atoms with Gasteiger partial charge in [-0.1, -0.05) is 56.6 Å². The van der Waals surface area contributed by atoms with E-state index < -0.39 is 46.9 Å². The van der Waals surface area contributed by atoms with Crippen LogP contribution in [0, 0.1) is 5.92 Å². The summed E-state index contributed by atoms with van der Waals surface area (Å²) >= 11 is 0. The number of rotatable bonds is 9. The van der Waals surface area contributed by atoms with Gasteiger partial charge in [0, 0.05) is 13.0 Å². The molecule has 1 saturated heterocycles. The molecule has 3 aliphatic rings. The van der Waals surface area contributed by atoms with Crippen molar-refractivity contribution in [3.8, 4) is 0 Å². The molecule has 0 spiro atoms. The Hall–Kier alpha value is -2.86. The van der Waals surface area contributed by atoms with Crippen LogP contribution < -0.4 is 16.8 Å². The Morgan fingerprint density at radius 1 is 1.13 bits per heavy atom. The van der Waals surface area contributed by atoms with E-state index in [0.717, 1.165) is 32.1 Å². The minimum absolute atomic E-state index is 0.151. The lowest BCUT2D eigenvalue weighted by atomic mass is 9.78. The Bertz CT molecular complexity index is 1070. The van der Waals surface area contributed by atoms with Crippen LogP contribution in [0.25, 0.3) is 0 Å². The molecule has 2 saturated carbocycles. The first-order valence-corrected chi connectivity index (χ1v) is 14.3. The molecule has 0 aromatic carbocycles. The smallest absolute Gasteiger partial charge is 0.287 e. The number of carbonyl (C=O) groups is 4. The minimum atomic E-state index is -1.37. The summed E-state index contributed by atoms with van der Waals surface area (Å²) in [6, 6.07) is -2.13. The number of ketones is 1. The summed E-state index contributed by atoms with van der Waals surface area (Å²) in [6.07, 6.45) is 10.6. The highest BCUT2D eigenvalue weighted by Crippen LogP contribution is 2.35. The van der Waals surface area contributed by atoms with Crippen LogP contribution in [0.3, 0.4) is 0 Å². The number of nitrogens with zero attached hydrogens (tertiary/aromatic N) is 4. The van der Waals surface area contributed by atoms with Gasteiger partial charge in [-0.2, -0.15) is 0 Å². The van der Waals surface area contributed by atoms with E-state index in [-0.39, 0.29) is 18.9 Å². The van der Waals surface area contributed by atoms with Crippen LogP contribution in [0.2, 0.25) is 0 Å². The van der Waals surface area contributed by atoms with Crippen molar-refractivity contribution in [2.24, 2.45) is 17.4 Å². The van der Waals surface area contributed by atoms with E-state index in [1.807, 2.05) is 0 Å². The Morgan fingerprint density at radius 2 is 1.77 bits per heavy atom. The highest BCUT2D eigenvalue weighted by molar-refractivity contribution is 6.39. The second-order valence-electron chi connectivity index (χ2n) is 12.2. The van der Waals surface area contributed by atoms with Crippen LogP contribution in [-0.2, 0) is 24.8 Å². The number of aliphatic hydroxyl groups is 1. The Morgan fingerprint density at radius 3 is 2.38 bits per heavy atom. The Kier molecular flexibility index (Phi) is 8.75. The maximum atomic E-state index is 13.8. The third kappa shape index (κ3) is 6.32. The van der Waals surface area contributed by atoms with Gasteiger partial charge in [-0.25, -0.2) is 4.68 Å². The number of hydrogen-bond donors (Lipinski definition) is 4. The van der Waals surface area contributed by atoms with Gasteiger partial charge < -0.3 is 26.8 Å². The first-order valence-electron chi connectivity index (χ1n) is 14.3. The molecule has 1 aromatic rings. The molecule has 12 heteroatoms. The van der Waals surface area contributed by atoms with Crippen LogP contribution in [0.4, 0.5) is 0 Å². The van der Waals surface area contributed by atoms with Crippen LogP contribution in [0.5, 0.6) is 0 Å². The number of nitrogens with two attached hydrogens (primary N) is 2. The molecule has 0 radical (unpaired) electrons. The summed E-state index contributed by atoms with van der Waals surface area (Å²) in [5, 5.41) is 21.6. The number of likely N-dealkylation sites (tertiary alicyclic amines) is 1. The molecule has 2 aliphatic carbocycles. The SMILES string of the molecule is CC(C)(O)c1cnnn1C1CC(C(=O)NC2(C(=O)C(N)=O)CCCCC2)N(C(=O)[C@H](N)CC2CCCCC2)C1. The van der Waals surface area contributed by atoms with Crippen LogP contribution >= 0.6 is 0 Å². The Balaban J connectivity index is 1.60. The summed E-state index contributed by atoms with van der Waals surface area (Å²) in [4.78, 5) is 53.8. The van der Waals surface area contributed by atoms with Gasteiger partial charge in [0.25, 0.3) is 5.91 Å². The molecule has 6 N–H and O–H groups in total. The fraction of sp³-hybridized carbons (Fsp3) is 0.778. The van der Waals surface area contributed by atoms with E-state index in [1.165, 1.54) is 17.5 Å². The molecule has 4 rings (SSSR count). The summed E-state index contributed by atoms with van der Waals surface area (Å²) in [5.74, 6) is -2.36. The minimum Gasteiger partial charge on any atom is -0.384 e. The van der Waals surface area contributed by atoms with E-state index in [0.29, 0.717) is 43.7 Å². The van der Waals surface area contributed by atoms with E-state index in [4.69, 9.17) is 11.5 Å². The molecular formula is C27H43N7O5. The highest BCUT2D eigenvalue weighted by Gasteiger charge is 2.48. The molecule has 39 heavy (non-hydrogen) atoms. The maximum absolute atomic E-state index is 13.8. The van der Waals surface area contributed by atoms with Crippen molar-refractivity contribution >= 4 is 23.5 Å². The molecule has 12 nitrogen and oxygen atoms in total. The summed E-state index contributed by atoms with van der Waals surface area (Å²) in [5.41, 5.74) is 9.65. The lowest BCUT2D eigenvalue weighted by Gasteiger charge is -2.37. The fourth-order valence-corrected chi connectivity index (χ4v) is 6.65. The molecule has 216 valence electrons. The highest BCUT2D eigenvalue weighted by atomic mass is 16.3. The van der Waals surface area contributed by atoms with E-state index in [1.54, 1.807) is 18.5 Å². The van der Waals surface area contributed by atoms with Crippen molar-refractivity contribution in [2.45, 2.75) is 120 Å². The summed E-state index contributed by atoms with van der Waals surface area (Å²) < 4.78 is 1.56. The van der Waals surface area contributed by atoms with E-state index in [9.17, 15) is 24.3 Å². The quantitative estimate of drug-likeness (QED) is 0.328. The molecule has 3 atom stereocenters. The topological polar surface area (TPSA) is 187 Å². The average Bonchev–Trinajstić information content (AvgIpc) is 3.56. The Labute approximate surface area is 229 Å². The predicted molar refractivity (Wildman–Crippen MR) is 142 cm³/mol. The van der Waals surface area contributed by atoms with Crippen molar-refractivity contribution in [2.75, 3.05) is 6.54 Å². The lowest BCUT2D eigenvalue weighted by molar-refractivity contribution is -0.145. The van der Waals surface area contributed by atoms with Crippen LogP contribution in [-0.4, -0.2) is 72.7 Å². The zero-order chi connectivity index (χ0) is 28.4. The number of Topliss-reactive ketones (excluding diaryl/α,β-unsaturated/α-hetero) is 1. The van der Waals surface area contributed by atoms with Crippen molar-refractivity contribution in [3.05, 3.63) is 11.9 Å². The van der Waals surface area contributed by atoms with Crippen molar-refractivity contribution < 1.29 is 24.3 Å². The standard InChI is InChI=1S/C27H43N7O5/c1-26(2,39)21-15-30-32-34(21)18-14-20(24(37)31-27(22(35)23(29)36)11-7-4-8-12-27)33(16-18)25(38)19(28)13-17-9-5-3-6-10-17/h15,17-20,39H,3-14,16,28H2,1-2H3,(H2,29,36)(H,31,37)/t18?,19-,20?/m1/s1. The second-order valence-corrected chi connectivity index (χ2v) is 12.2. The van der Waals surface area contributed by atoms with Gasteiger partial charge in [-0.15, -0.1) is 5.10 Å². The molecular weight excluding hydrogens is 502 g/mol. The lowest BCUT2D eigenvalue weighted by Crippen LogP contribution is -2.62. The number of aromatic nitrogens is 3. The van der Waals surface area contributed by atoms with Crippen molar-refractivity contribution in [1.29, 1.82) is 0 Å². The monoisotopic (exact) mass is 545 g/mol. The summed E-state index contributed by atoms with van der Waals surface area (Å²) in [7, 11) is 0. The van der Waals surface area contributed by atoms with Gasteiger partial charge in [0.15, 0.2) is 0 Å². The largest absolute Gasteiger partial charge is 0.384 e. The molecule has 1 aromatic heterocycles. The zero-order valence-corrected chi connectivity index (χ0v) is 23.1. The number of amides is 3. The van der Waals surface area contributed by atoms with Crippen LogP contribution in [0.15, 0.2) is 6.20 Å². The van der Waals surface area contributed by atoms with Crippen molar-refractivity contribution in [3.63, 3.8) is 0 Å². The first-order chi connectivity index (χ1) is 18.4. The average molecular weight is 546 g/mol. The molecule has 3 fully saturated rings. The zero-order valence-electron chi connectivity index (χ0n) is 23.1. The first kappa shape index (κ1) is 29.1. The molecule has 1 aliphatic heterocycles. The van der Waals surface area contributed by atoms with Gasteiger partial charge in [0.2, 0.25) is 17.6 Å². The molecule has 2 unspecified atom stereocenters. The number of nitrogens with one attached hydrogen (secondary N) is 1. The predicted octanol–water partition coefficient (Wildman–Crippen LogP) is 0.819. The molecule has 0 bridgehead atoms. The normalized spacial score (nSPS) is 24.8. The van der Waals surface area contributed by atoms with E-state index >= 15 is 0 Å². The number of carbonyl (C=O) groups excluding carboxylic acids is 4. The molecule has 3 amide bonds. The summed E-state index contributed by atoms with van der Waals surface area (Å²) in [6.45, 7) is 3.39. The van der Waals surface area contributed by atoms with Gasteiger partial charge >= 0.3 is 0 Å². The number of hydrogen-bond acceptors (Lipinski definition) is 8. The van der Waals surface area contributed by atoms with E-state index in [2.05, 4.69) is 15.6 Å². The van der Waals surface area contributed by atoms with Gasteiger partial charge in [-0.05, 0) is 39.0 Å². The number of primary amides is 1.